The maximum absolute atomic E-state index is 6.03. The van der Waals surface area contributed by atoms with Crippen molar-refractivity contribution < 1.29 is 9.31 Å². The van der Waals surface area contributed by atoms with Crippen LogP contribution in [0.1, 0.15) is 40.2 Å². The van der Waals surface area contributed by atoms with E-state index in [2.05, 4.69) is 44.3 Å². The summed E-state index contributed by atoms with van der Waals surface area (Å²) in [5.74, 6) is 0. The smallest absolute Gasteiger partial charge is 0.399 e. The fourth-order valence-corrected chi connectivity index (χ4v) is 2.52. The summed E-state index contributed by atoms with van der Waals surface area (Å²) < 4.78 is 14.1. The maximum atomic E-state index is 6.03. The lowest BCUT2D eigenvalue weighted by Gasteiger charge is -2.32. The molecule has 1 N–H and O–H groups in total. The molecule has 19 heavy (non-hydrogen) atoms. The molecule has 0 bridgehead atoms. The Bertz CT molecular complexity index is 450. The highest BCUT2D eigenvalue weighted by Crippen LogP contribution is 2.36. The van der Waals surface area contributed by atoms with Crippen molar-refractivity contribution in [1.82, 2.24) is 15.1 Å². The molecule has 6 heteroatoms. The van der Waals surface area contributed by atoms with Crippen molar-refractivity contribution in [3.63, 3.8) is 0 Å². The molecule has 0 aromatic carbocycles. The van der Waals surface area contributed by atoms with E-state index in [-0.39, 0.29) is 18.3 Å². The van der Waals surface area contributed by atoms with E-state index >= 15 is 0 Å². The summed E-state index contributed by atoms with van der Waals surface area (Å²) in [6.07, 6.45) is 5.05. The quantitative estimate of drug-likeness (QED) is 0.799. The van der Waals surface area contributed by atoms with Crippen LogP contribution in [0.15, 0.2) is 12.4 Å². The van der Waals surface area contributed by atoms with E-state index in [9.17, 15) is 0 Å². The van der Waals surface area contributed by atoms with Crippen molar-refractivity contribution in [1.29, 1.82) is 0 Å². The highest BCUT2D eigenvalue weighted by atomic mass is 16.7. The molecule has 0 amide bonds. The van der Waals surface area contributed by atoms with Crippen LogP contribution in [-0.2, 0) is 9.31 Å². The minimum Gasteiger partial charge on any atom is -0.399 e. The fraction of sp³-hybridized carbons (Fsp3) is 0.769. The molecule has 2 fully saturated rings. The molecule has 0 radical (unpaired) electrons. The summed E-state index contributed by atoms with van der Waals surface area (Å²) in [6, 6.07) is 0.455. The molecule has 1 atom stereocenters. The van der Waals surface area contributed by atoms with Crippen LogP contribution in [0.2, 0.25) is 0 Å². The van der Waals surface area contributed by atoms with Gasteiger partial charge in [-0.15, -0.1) is 0 Å². The summed E-state index contributed by atoms with van der Waals surface area (Å²) >= 11 is 0. The molecule has 2 aliphatic heterocycles. The van der Waals surface area contributed by atoms with E-state index in [1.807, 2.05) is 10.9 Å². The Morgan fingerprint density at radius 3 is 2.58 bits per heavy atom. The van der Waals surface area contributed by atoms with E-state index < -0.39 is 0 Å². The topological polar surface area (TPSA) is 48.3 Å². The molecule has 0 unspecified atom stereocenters. The van der Waals surface area contributed by atoms with Crippen LogP contribution in [-0.4, -0.2) is 41.2 Å². The molecule has 1 aromatic heterocycles. The van der Waals surface area contributed by atoms with E-state index in [1.54, 1.807) is 0 Å². The molecule has 104 valence electrons. The van der Waals surface area contributed by atoms with Gasteiger partial charge in [-0.05, 0) is 40.7 Å². The minimum atomic E-state index is -0.312. The van der Waals surface area contributed by atoms with Gasteiger partial charge in [0.2, 0.25) is 0 Å². The number of rotatable bonds is 2. The average molecular weight is 263 g/mol. The summed E-state index contributed by atoms with van der Waals surface area (Å²) in [4.78, 5) is 0. The summed E-state index contributed by atoms with van der Waals surface area (Å²) in [6.45, 7) is 10.3. The minimum absolute atomic E-state index is 0.297. The summed E-state index contributed by atoms with van der Waals surface area (Å²) in [5, 5.41) is 7.81. The lowest BCUT2D eigenvalue weighted by atomic mass is 9.82. The van der Waals surface area contributed by atoms with Gasteiger partial charge in [-0.2, -0.15) is 5.10 Å². The van der Waals surface area contributed by atoms with Crippen molar-refractivity contribution in [3.05, 3.63) is 12.4 Å². The van der Waals surface area contributed by atoms with Gasteiger partial charge < -0.3 is 14.6 Å². The van der Waals surface area contributed by atoms with Crippen LogP contribution >= 0.6 is 0 Å². The average Bonchev–Trinajstić information content (AvgIpc) is 3.00. The molecule has 2 aliphatic rings. The predicted molar refractivity (Wildman–Crippen MR) is 74.5 cm³/mol. The van der Waals surface area contributed by atoms with Crippen LogP contribution < -0.4 is 10.8 Å². The molecule has 2 saturated heterocycles. The van der Waals surface area contributed by atoms with Crippen molar-refractivity contribution in [2.75, 3.05) is 13.1 Å². The second-order valence-electron chi connectivity index (χ2n) is 6.49. The molecule has 0 saturated carbocycles. The largest absolute Gasteiger partial charge is 0.498 e. The Hall–Kier alpha value is -0.845. The van der Waals surface area contributed by atoms with Crippen molar-refractivity contribution in [3.8, 4) is 0 Å². The Kier molecular flexibility index (Phi) is 3.00. The van der Waals surface area contributed by atoms with Crippen molar-refractivity contribution in [2.45, 2.75) is 51.4 Å². The first-order chi connectivity index (χ1) is 8.89. The van der Waals surface area contributed by atoms with Crippen molar-refractivity contribution >= 4 is 12.6 Å². The zero-order valence-electron chi connectivity index (χ0n) is 12.1. The van der Waals surface area contributed by atoms with Gasteiger partial charge in [-0.3, -0.25) is 4.68 Å². The number of hydrogen-bond donors (Lipinski definition) is 1. The molecule has 1 aromatic rings. The predicted octanol–water partition coefficient (Wildman–Crippen LogP) is 0.717. The molecular weight excluding hydrogens is 241 g/mol. The molecule has 3 heterocycles. The van der Waals surface area contributed by atoms with E-state index in [1.165, 1.54) is 0 Å². The van der Waals surface area contributed by atoms with Crippen LogP contribution in [0.3, 0.4) is 0 Å². The summed E-state index contributed by atoms with van der Waals surface area (Å²) in [5.41, 5.74) is 0.411. The normalized spacial score (nSPS) is 29.1. The number of hydrogen-bond acceptors (Lipinski definition) is 4. The molecular formula is C13H22BN3O2. The van der Waals surface area contributed by atoms with Crippen molar-refractivity contribution in [2.24, 2.45) is 0 Å². The van der Waals surface area contributed by atoms with Gasteiger partial charge in [0.15, 0.2) is 0 Å². The zero-order chi connectivity index (χ0) is 13.7. The SMILES string of the molecule is CC1(C)OB(c2cnn([C@H]3CCNC3)c2)OC1(C)C. The third kappa shape index (κ3) is 2.22. The van der Waals surface area contributed by atoms with E-state index in [0.717, 1.165) is 25.0 Å². The first-order valence-corrected chi connectivity index (χ1v) is 6.99. The Balaban J connectivity index is 1.77. The highest BCUT2D eigenvalue weighted by molar-refractivity contribution is 6.61. The molecule has 5 nitrogen and oxygen atoms in total. The maximum Gasteiger partial charge on any atom is 0.498 e. The lowest BCUT2D eigenvalue weighted by Crippen LogP contribution is -2.41. The second-order valence-corrected chi connectivity index (χ2v) is 6.49. The Labute approximate surface area is 114 Å². The van der Waals surface area contributed by atoms with Crippen LogP contribution in [0.25, 0.3) is 0 Å². The Morgan fingerprint density at radius 2 is 2.00 bits per heavy atom. The molecule has 3 rings (SSSR count). The van der Waals surface area contributed by atoms with Gasteiger partial charge in [-0.1, -0.05) is 0 Å². The fourth-order valence-electron chi connectivity index (χ4n) is 2.52. The third-order valence-corrected chi connectivity index (χ3v) is 4.56. The van der Waals surface area contributed by atoms with Crippen LogP contribution in [0.4, 0.5) is 0 Å². The second kappa shape index (κ2) is 4.33. The van der Waals surface area contributed by atoms with Gasteiger partial charge >= 0.3 is 7.12 Å². The molecule has 0 aliphatic carbocycles. The third-order valence-electron chi connectivity index (χ3n) is 4.56. The van der Waals surface area contributed by atoms with Gasteiger partial charge in [0.25, 0.3) is 0 Å². The van der Waals surface area contributed by atoms with E-state index in [0.29, 0.717) is 6.04 Å². The first-order valence-electron chi connectivity index (χ1n) is 6.99. The standard InChI is InChI=1S/C13H22BN3O2/c1-12(2)13(3,4)19-14(18-12)10-7-16-17(9-10)11-5-6-15-8-11/h7,9,11,15H,5-6,8H2,1-4H3/t11-/m0/s1. The number of nitrogens with zero attached hydrogens (tertiary/aromatic N) is 2. The number of aromatic nitrogens is 2. The number of nitrogens with one attached hydrogen (secondary N) is 1. The first kappa shape index (κ1) is 13.2. The van der Waals surface area contributed by atoms with Gasteiger partial charge in [-0.25, -0.2) is 0 Å². The van der Waals surface area contributed by atoms with Gasteiger partial charge in [0.05, 0.1) is 17.2 Å². The Morgan fingerprint density at radius 1 is 1.32 bits per heavy atom. The van der Waals surface area contributed by atoms with Crippen LogP contribution in [0, 0.1) is 0 Å². The highest BCUT2D eigenvalue weighted by Gasteiger charge is 2.52. The monoisotopic (exact) mass is 263 g/mol. The molecule has 0 spiro atoms. The van der Waals surface area contributed by atoms with Gasteiger partial charge in [0.1, 0.15) is 0 Å². The van der Waals surface area contributed by atoms with Gasteiger partial charge in [0, 0.05) is 24.4 Å². The summed E-state index contributed by atoms with van der Waals surface area (Å²) in [7, 11) is -0.312. The zero-order valence-corrected chi connectivity index (χ0v) is 12.1. The lowest BCUT2D eigenvalue weighted by molar-refractivity contribution is 0.00578. The van der Waals surface area contributed by atoms with E-state index in [4.69, 9.17) is 9.31 Å². The van der Waals surface area contributed by atoms with Crippen LogP contribution in [0.5, 0.6) is 0 Å².